The Labute approximate surface area is 131 Å². The first kappa shape index (κ1) is 15.8. The molecule has 0 bridgehead atoms. The minimum absolute atomic E-state index is 0.232. The van der Waals surface area contributed by atoms with Crippen molar-refractivity contribution in [1.29, 1.82) is 0 Å². The van der Waals surface area contributed by atoms with Gasteiger partial charge in [-0.25, -0.2) is 0 Å². The maximum absolute atomic E-state index is 6.38. The van der Waals surface area contributed by atoms with Crippen LogP contribution in [0.15, 0.2) is 22.7 Å². The van der Waals surface area contributed by atoms with Crippen molar-refractivity contribution in [1.82, 2.24) is 5.32 Å². The van der Waals surface area contributed by atoms with Crippen molar-refractivity contribution in [2.45, 2.75) is 58.6 Å². The minimum Gasteiger partial charge on any atom is -0.489 e. The number of nitrogens with one attached hydrogen (secondary N) is 1. The first-order valence-electron chi connectivity index (χ1n) is 7.55. The fraction of sp³-hybridized carbons (Fsp3) is 0.647. The highest BCUT2D eigenvalue weighted by Gasteiger charge is 2.51. The van der Waals surface area contributed by atoms with Gasteiger partial charge >= 0.3 is 0 Å². The molecular formula is C17H26BrNO. The molecule has 112 valence electrons. The minimum atomic E-state index is 0.232. The molecule has 1 N–H and O–H groups in total. The molecule has 3 atom stereocenters. The predicted octanol–water partition coefficient (Wildman–Crippen LogP) is 4.73. The van der Waals surface area contributed by atoms with Crippen LogP contribution in [-0.4, -0.2) is 19.2 Å². The number of ether oxygens (including phenoxy) is 1. The Morgan fingerprint density at radius 3 is 2.70 bits per heavy atom. The van der Waals surface area contributed by atoms with Gasteiger partial charge in [-0.1, -0.05) is 43.6 Å². The Bertz CT molecular complexity index is 474. The molecule has 0 amide bonds. The molecule has 1 aliphatic rings. The van der Waals surface area contributed by atoms with Crippen LogP contribution in [0.5, 0.6) is 5.75 Å². The molecule has 0 radical (unpaired) electrons. The Kier molecular flexibility index (Phi) is 4.80. The number of halogens is 1. The second kappa shape index (κ2) is 6.07. The molecule has 0 aromatic heterocycles. The van der Waals surface area contributed by atoms with E-state index in [1.54, 1.807) is 0 Å². The molecule has 0 aliphatic heterocycles. The summed E-state index contributed by atoms with van der Waals surface area (Å²) in [4.78, 5) is 0. The highest BCUT2D eigenvalue weighted by atomic mass is 79.9. The maximum Gasteiger partial charge on any atom is 0.123 e. The van der Waals surface area contributed by atoms with Gasteiger partial charge in [-0.3, -0.25) is 0 Å². The van der Waals surface area contributed by atoms with Crippen LogP contribution < -0.4 is 10.1 Å². The number of benzene rings is 1. The fourth-order valence-electron chi connectivity index (χ4n) is 3.15. The quantitative estimate of drug-likeness (QED) is 0.837. The average molecular weight is 340 g/mol. The second-order valence-corrected chi connectivity index (χ2v) is 7.30. The third-order valence-electron chi connectivity index (χ3n) is 4.95. The van der Waals surface area contributed by atoms with E-state index in [1.807, 2.05) is 7.05 Å². The zero-order valence-corrected chi connectivity index (χ0v) is 14.8. The normalized spacial score (nSPS) is 29.4. The van der Waals surface area contributed by atoms with E-state index >= 15 is 0 Å². The van der Waals surface area contributed by atoms with Crippen LogP contribution in [0.25, 0.3) is 0 Å². The summed E-state index contributed by atoms with van der Waals surface area (Å²) < 4.78 is 7.49. The maximum atomic E-state index is 6.38. The van der Waals surface area contributed by atoms with Gasteiger partial charge in [-0.2, -0.15) is 0 Å². The van der Waals surface area contributed by atoms with Crippen LogP contribution in [0.3, 0.4) is 0 Å². The molecule has 1 saturated carbocycles. The lowest BCUT2D eigenvalue weighted by Gasteiger charge is -2.53. The number of hydrogen-bond donors (Lipinski definition) is 1. The third kappa shape index (κ3) is 2.75. The molecule has 1 fully saturated rings. The van der Waals surface area contributed by atoms with Gasteiger partial charge in [-0.05, 0) is 43.1 Å². The zero-order valence-electron chi connectivity index (χ0n) is 13.2. The molecule has 0 spiro atoms. The second-order valence-electron chi connectivity index (χ2n) is 6.38. The van der Waals surface area contributed by atoms with Crippen molar-refractivity contribution in [3.05, 3.63) is 28.2 Å². The fourth-order valence-corrected chi connectivity index (χ4v) is 3.53. The van der Waals surface area contributed by atoms with E-state index in [2.05, 4.69) is 67.1 Å². The summed E-state index contributed by atoms with van der Waals surface area (Å²) in [5.74, 6) is 1.51. The van der Waals surface area contributed by atoms with Crippen LogP contribution in [0.4, 0.5) is 0 Å². The summed E-state index contributed by atoms with van der Waals surface area (Å²) in [7, 11) is 2.05. The van der Waals surface area contributed by atoms with Crippen LogP contribution in [-0.2, 0) is 0 Å². The van der Waals surface area contributed by atoms with Crippen LogP contribution in [0, 0.1) is 5.41 Å². The topological polar surface area (TPSA) is 21.3 Å². The molecule has 0 heterocycles. The van der Waals surface area contributed by atoms with E-state index in [0.29, 0.717) is 18.1 Å². The van der Waals surface area contributed by atoms with Crippen LogP contribution in [0.1, 0.15) is 52.0 Å². The summed E-state index contributed by atoms with van der Waals surface area (Å²) in [6, 6.07) is 6.91. The van der Waals surface area contributed by atoms with E-state index < -0.39 is 0 Å². The lowest BCUT2D eigenvalue weighted by Crippen LogP contribution is -2.62. The molecule has 1 aromatic rings. The van der Waals surface area contributed by atoms with E-state index in [0.717, 1.165) is 23.1 Å². The lowest BCUT2D eigenvalue weighted by atomic mass is 9.61. The van der Waals surface area contributed by atoms with Crippen molar-refractivity contribution in [3.8, 4) is 5.75 Å². The molecular weight excluding hydrogens is 314 g/mol. The van der Waals surface area contributed by atoms with Gasteiger partial charge in [0.1, 0.15) is 11.9 Å². The molecule has 2 rings (SSSR count). The van der Waals surface area contributed by atoms with Gasteiger partial charge in [-0.15, -0.1) is 0 Å². The predicted molar refractivity (Wildman–Crippen MR) is 88.5 cm³/mol. The van der Waals surface area contributed by atoms with Gasteiger partial charge in [0.25, 0.3) is 0 Å². The summed E-state index contributed by atoms with van der Waals surface area (Å²) in [6.07, 6.45) is 2.54. The Morgan fingerprint density at radius 1 is 1.45 bits per heavy atom. The Morgan fingerprint density at radius 2 is 2.15 bits per heavy atom. The average Bonchev–Trinajstić information content (AvgIpc) is 2.42. The van der Waals surface area contributed by atoms with E-state index in [4.69, 9.17) is 4.74 Å². The van der Waals surface area contributed by atoms with Gasteiger partial charge in [0.05, 0.1) is 0 Å². The van der Waals surface area contributed by atoms with E-state index in [-0.39, 0.29) is 5.41 Å². The first-order chi connectivity index (χ1) is 9.42. The van der Waals surface area contributed by atoms with Crippen molar-refractivity contribution in [2.24, 2.45) is 5.41 Å². The van der Waals surface area contributed by atoms with Gasteiger partial charge in [0.15, 0.2) is 0 Å². The number of hydrogen-bond acceptors (Lipinski definition) is 2. The highest BCUT2D eigenvalue weighted by molar-refractivity contribution is 9.10. The van der Waals surface area contributed by atoms with Crippen molar-refractivity contribution < 1.29 is 4.74 Å². The number of rotatable bonds is 5. The largest absolute Gasteiger partial charge is 0.489 e. The zero-order chi connectivity index (χ0) is 14.9. The van der Waals surface area contributed by atoms with Crippen LogP contribution >= 0.6 is 15.9 Å². The van der Waals surface area contributed by atoms with Gasteiger partial charge in [0.2, 0.25) is 0 Å². The summed E-state index contributed by atoms with van der Waals surface area (Å²) in [5.41, 5.74) is 1.52. The van der Waals surface area contributed by atoms with Gasteiger partial charge < -0.3 is 10.1 Å². The molecule has 20 heavy (non-hydrogen) atoms. The molecule has 1 aromatic carbocycles. The molecule has 3 heteroatoms. The lowest BCUT2D eigenvalue weighted by molar-refractivity contribution is -0.0682. The smallest absolute Gasteiger partial charge is 0.123 e. The first-order valence-corrected chi connectivity index (χ1v) is 8.35. The molecule has 2 nitrogen and oxygen atoms in total. The summed E-state index contributed by atoms with van der Waals surface area (Å²) in [5, 5.41) is 3.42. The Balaban J connectivity index is 2.19. The standard InChI is InChI=1S/C17H26BrNO/c1-6-17(4)15(19-5)10-16(17)20-14-8-7-12(18)9-13(14)11(2)3/h7-9,11,15-16,19H,6,10H2,1-5H3. The Hall–Kier alpha value is -0.540. The third-order valence-corrected chi connectivity index (χ3v) is 5.45. The van der Waals surface area contributed by atoms with E-state index in [1.165, 1.54) is 5.56 Å². The SMILES string of the molecule is CCC1(C)C(NC)CC1Oc1ccc(Br)cc1C(C)C. The summed E-state index contributed by atoms with van der Waals surface area (Å²) in [6.45, 7) is 9.01. The highest BCUT2D eigenvalue weighted by Crippen LogP contribution is 2.46. The van der Waals surface area contributed by atoms with E-state index in [9.17, 15) is 0 Å². The van der Waals surface area contributed by atoms with Crippen molar-refractivity contribution in [2.75, 3.05) is 7.05 Å². The summed E-state index contributed by atoms with van der Waals surface area (Å²) >= 11 is 3.55. The van der Waals surface area contributed by atoms with Crippen molar-refractivity contribution in [3.63, 3.8) is 0 Å². The molecule has 0 saturated heterocycles. The van der Waals surface area contributed by atoms with Crippen LogP contribution in [0.2, 0.25) is 0 Å². The molecule has 3 unspecified atom stereocenters. The van der Waals surface area contributed by atoms with Crippen molar-refractivity contribution >= 4 is 15.9 Å². The molecule has 1 aliphatic carbocycles. The monoisotopic (exact) mass is 339 g/mol. The van der Waals surface area contributed by atoms with Gasteiger partial charge in [0, 0.05) is 22.4 Å².